The molecule has 0 radical (unpaired) electrons. The standard InChI is InChI=1S/C11H16N2O2S2/c12-10-7-11(16-8-10)17(14,15)13-6-5-9-3-1-2-4-9/h3,7-8,13H,1-2,4-6,12H2. The van der Waals surface area contributed by atoms with Crippen molar-refractivity contribution in [1.82, 2.24) is 4.72 Å². The van der Waals surface area contributed by atoms with Gasteiger partial charge in [-0.1, -0.05) is 11.6 Å². The Morgan fingerprint density at radius 2 is 2.29 bits per heavy atom. The van der Waals surface area contributed by atoms with E-state index in [1.807, 2.05) is 0 Å². The van der Waals surface area contributed by atoms with Crippen LogP contribution >= 0.6 is 11.3 Å². The lowest BCUT2D eigenvalue weighted by Crippen LogP contribution is -2.24. The van der Waals surface area contributed by atoms with Crippen molar-refractivity contribution in [2.24, 2.45) is 0 Å². The molecule has 0 aliphatic heterocycles. The lowest BCUT2D eigenvalue weighted by molar-refractivity contribution is 0.583. The summed E-state index contributed by atoms with van der Waals surface area (Å²) in [6, 6.07) is 1.49. The van der Waals surface area contributed by atoms with Gasteiger partial charge in [-0.2, -0.15) is 0 Å². The number of rotatable bonds is 5. The molecule has 0 bridgehead atoms. The quantitative estimate of drug-likeness (QED) is 0.806. The summed E-state index contributed by atoms with van der Waals surface area (Å²) in [6.45, 7) is 0.464. The van der Waals surface area contributed by atoms with E-state index in [1.165, 1.54) is 18.1 Å². The van der Waals surface area contributed by atoms with Crippen LogP contribution < -0.4 is 10.5 Å². The molecule has 1 aromatic heterocycles. The van der Waals surface area contributed by atoms with Crippen LogP contribution in [0, 0.1) is 0 Å². The van der Waals surface area contributed by atoms with E-state index in [0.29, 0.717) is 12.2 Å². The van der Waals surface area contributed by atoms with Crippen LogP contribution in [0.4, 0.5) is 5.69 Å². The summed E-state index contributed by atoms with van der Waals surface area (Å²) in [5.41, 5.74) is 7.37. The van der Waals surface area contributed by atoms with Crippen molar-refractivity contribution in [3.63, 3.8) is 0 Å². The third-order valence-corrected chi connectivity index (χ3v) is 5.65. The number of thiophene rings is 1. The molecule has 4 nitrogen and oxygen atoms in total. The van der Waals surface area contributed by atoms with Gasteiger partial charge < -0.3 is 5.73 Å². The molecule has 0 unspecified atom stereocenters. The van der Waals surface area contributed by atoms with Crippen LogP contribution in [0.1, 0.15) is 25.7 Å². The summed E-state index contributed by atoms with van der Waals surface area (Å²) in [6.07, 6.45) is 6.44. The number of allylic oxidation sites excluding steroid dienone is 1. The number of anilines is 1. The van der Waals surface area contributed by atoms with Gasteiger partial charge in [0.05, 0.1) is 0 Å². The Morgan fingerprint density at radius 1 is 1.47 bits per heavy atom. The van der Waals surface area contributed by atoms with E-state index in [9.17, 15) is 8.42 Å². The normalized spacial score (nSPS) is 16.1. The highest BCUT2D eigenvalue weighted by Gasteiger charge is 2.16. The first-order chi connectivity index (χ1) is 8.08. The molecule has 0 aromatic carbocycles. The largest absolute Gasteiger partial charge is 0.398 e. The van der Waals surface area contributed by atoms with Crippen molar-refractivity contribution in [2.45, 2.75) is 29.9 Å². The van der Waals surface area contributed by atoms with Gasteiger partial charge in [-0.25, -0.2) is 13.1 Å². The first-order valence-corrected chi connectivity index (χ1v) is 7.96. The highest BCUT2D eigenvalue weighted by atomic mass is 32.2. The summed E-state index contributed by atoms with van der Waals surface area (Å²) in [5.74, 6) is 0. The number of nitrogens with one attached hydrogen (secondary N) is 1. The molecule has 1 heterocycles. The van der Waals surface area contributed by atoms with Gasteiger partial charge in [0.15, 0.2) is 0 Å². The zero-order valence-electron chi connectivity index (χ0n) is 9.48. The minimum absolute atomic E-state index is 0.287. The van der Waals surface area contributed by atoms with E-state index in [1.54, 1.807) is 5.38 Å². The summed E-state index contributed by atoms with van der Waals surface area (Å²) in [4.78, 5) is 0. The fraction of sp³-hybridized carbons (Fsp3) is 0.455. The van der Waals surface area contributed by atoms with E-state index in [2.05, 4.69) is 10.8 Å². The van der Waals surface area contributed by atoms with Crippen molar-refractivity contribution in [3.05, 3.63) is 23.1 Å². The lowest BCUT2D eigenvalue weighted by Gasteiger charge is -2.05. The SMILES string of the molecule is Nc1csc(S(=O)(=O)NCCC2=CCCC2)c1. The van der Waals surface area contributed by atoms with Gasteiger partial charge in [-0.05, 0) is 31.7 Å². The third kappa shape index (κ3) is 3.31. The van der Waals surface area contributed by atoms with Gasteiger partial charge in [-0.3, -0.25) is 0 Å². The van der Waals surface area contributed by atoms with Gasteiger partial charge >= 0.3 is 0 Å². The molecule has 0 saturated heterocycles. The summed E-state index contributed by atoms with van der Waals surface area (Å²) >= 11 is 1.15. The summed E-state index contributed by atoms with van der Waals surface area (Å²) in [7, 11) is -3.37. The predicted molar refractivity (Wildman–Crippen MR) is 70.5 cm³/mol. The molecule has 0 amide bonds. The van der Waals surface area contributed by atoms with Crippen LogP contribution in [0.15, 0.2) is 27.3 Å². The first kappa shape index (κ1) is 12.6. The van der Waals surface area contributed by atoms with Crippen LogP contribution in [-0.4, -0.2) is 15.0 Å². The van der Waals surface area contributed by atoms with Crippen molar-refractivity contribution < 1.29 is 8.42 Å². The van der Waals surface area contributed by atoms with Crippen LogP contribution in [-0.2, 0) is 10.0 Å². The van der Waals surface area contributed by atoms with E-state index in [-0.39, 0.29) is 4.21 Å². The molecular weight excluding hydrogens is 256 g/mol. The molecule has 1 aliphatic carbocycles. The minimum atomic E-state index is -3.37. The second-order valence-electron chi connectivity index (χ2n) is 4.10. The third-order valence-electron chi connectivity index (χ3n) is 2.73. The Kier molecular flexibility index (Phi) is 3.86. The number of hydrogen-bond acceptors (Lipinski definition) is 4. The second-order valence-corrected chi connectivity index (χ2v) is 7.01. The van der Waals surface area contributed by atoms with Gasteiger partial charge in [0, 0.05) is 17.6 Å². The number of sulfonamides is 1. The molecule has 2 rings (SSSR count). The summed E-state index contributed by atoms with van der Waals surface area (Å²) < 4.78 is 26.6. The van der Waals surface area contributed by atoms with Gasteiger partial charge in [-0.15, -0.1) is 11.3 Å². The van der Waals surface area contributed by atoms with Crippen LogP contribution in [0.5, 0.6) is 0 Å². The fourth-order valence-corrected chi connectivity index (χ4v) is 4.01. The zero-order chi connectivity index (χ0) is 12.3. The Bertz CT molecular complexity index is 517. The van der Waals surface area contributed by atoms with Crippen molar-refractivity contribution >= 4 is 27.0 Å². The van der Waals surface area contributed by atoms with E-state index in [4.69, 9.17) is 5.73 Å². The Labute approximate surface area is 106 Å². The highest BCUT2D eigenvalue weighted by molar-refractivity contribution is 7.91. The molecule has 0 fully saturated rings. The van der Waals surface area contributed by atoms with Crippen molar-refractivity contribution in [2.75, 3.05) is 12.3 Å². The average Bonchev–Trinajstić information content (AvgIpc) is 2.89. The highest BCUT2D eigenvalue weighted by Crippen LogP contribution is 2.22. The molecule has 0 saturated carbocycles. The molecule has 3 N–H and O–H groups in total. The topological polar surface area (TPSA) is 72.2 Å². The first-order valence-electron chi connectivity index (χ1n) is 5.59. The lowest BCUT2D eigenvalue weighted by atomic mass is 10.2. The van der Waals surface area contributed by atoms with Crippen LogP contribution in [0.2, 0.25) is 0 Å². The minimum Gasteiger partial charge on any atom is -0.398 e. The number of nitrogen functional groups attached to an aromatic ring is 1. The molecule has 94 valence electrons. The maximum absolute atomic E-state index is 11.8. The van der Waals surface area contributed by atoms with Gasteiger partial charge in [0.1, 0.15) is 4.21 Å². The number of hydrogen-bond donors (Lipinski definition) is 2. The molecule has 17 heavy (non-hydrogen) atoms. The molecule has 0 atom stereocenters. The molecular formula is C11H16N2O2S2. The molecule has 1 aromatic rings. The molecule has 0 spiro atoms. The van der Waals surface area contributed by atoms with E-state index < -0.39 is 10.0 Å². The predicted octanol–water partition coefficient (Wildman–Crippen LogP) is 2.11. The van der Waals surface area contributed by atoms with Crippen molar-refractivity contribution in [1.29, 1.82) is 0 Å². The van der Waals surface area contributed by atoms with Crippen LogP contribution in [0.3, 0.4) is 0 Å². The van der Waals surface area contributed by atoms with Crippen molar-refractivity contribution in [3.8, 4) is 0 Å². The molecule has 6 heteroatoms. The number of nitrogens with two attached hydrogens (primary N) is 1. The molecule has 1 aliphatic rings. The smallest absolute Gasteiger partial charge is 0.250 e. The second kappa shape index (κ2) is 5.20. The van der Waals surface area contributed by atoms with E-state index >= 15 is 0 Å². The fourth-order valence-electron chi connectivity index (χ4n) is 1.85. The zero-order valence-corrected chi connectivity index (χ0v) is 11.1. The van der Waals surface area contributed by atoms with E-state index in [0.717, 1.165) is 30.6 Å². The Hall–Kier alpha value is -0.850. The maximum atomic E-state index is 11.8. The van der Waals surface area contributed by atoms with Crippen LogP contribution in [0.25, 0.3) is 0 Å². The monoisotopic (exact) mass is 272 g/mol. The van der Waals surface area contributed by atoms with Gasteiger partial charge in [0.2, 0.25) is 10.0 Å². The average molecular weight is 272 g/mol. The Balaban J connectivity index is 1.89. The maximum Gasteiger partial charge on any atom is 0.250 e. The Morgan fingerprint density at radius 3 is 2.88 bits per heavy atom. The van der Waals surface area contributed by atoms with Gasteiger partial charge in [0.25, 0.3) is 0 Å². The summed E-state index contributed by atoms with van der Waals surface area (Å²) in [5, 5.41) is 1.63.